The molecule has 0 unspecified atom stereocenters. The fraction of sp³-hybridized carbons (Fsp3) is 0.667. The van der Waals surface area contributed by atoms with Gasteiger partial charge in [0, 0.05) is 12.4 Å². The molecule has 0 saturated carbocycles. The Morgan fingerprint density at radius 1 is 0.938 bits per heavy atom. The van der Waals surface area contributed by atoms with Crippen molar-refractivity contribution in [2.75, 3.05) is 0 Å². The first-order valence-corrected chi connectivity index (χ1v) is 6.74. The van der Waals surface area contributed by atoms with E-state index in [1.165, 1.54) is 56.1 Å². The van der Waals surface area contributed by atoms with Crippen molar-refractivity contribution in [3.8, 4) is 0 Å². The minimum absolute atomic E-state index is 0.614. The lowest BCUT2D eigenvalue weighted by molar-refractivity contribution is 0.628. The average molecular weight is 217 g/mol. The Hall–Kier alpha value is -0.850. The van der Waals surface area contributed by atoms with Gasteiger partial charge >= 0.3 is 0 Å². The highest BCUT2D eigenvalue weighted by atomic mass is 14.6. The highest BCUT2D eigenvalue weighted by molar-refractivity contribution is 5.34. The summed E-state index contributed by atoms with van der Waals surface area (Å²) in [6, 6.07) is 0. The van der Waals surface area contributed by atoms with Crippen LogP contribution in [0.1, 0.15) is 68.6 Å². The normalized spacial score (nSPS) is 17.4. The molecule has 1 heterocycles. The smallest absolute Gasteiger partial charge is 0.0305 e. The summed E-state index contributed by atoms with van der Waals surface area (Å²) in [4.78, 5) is 4.42. The van der Waals surface area contributed by atoms with Gasteiger partial charge in [-0.2, -0.15) is 0 Å². The molecule has 0 saturated heterocycles. The highest BCUT2D eigenvalue weighted by Gasteiger charge is 2.12. The summed E-state index contributed by atoms with van der Waals surface area (Å²) >= 11 is 0. The summed E-state index contributed by atoms with van der Waals surface area (Å²) in [5.41, 5.74) is 4.62. The Morgan fingerprint density at radius 3 is 2.38 bits per heavy atom. The van der Waals surface area contributed by atoms with E-state index < -0.39 is 0 Å². The van der Waals surface area contributed by atoms with Gasteiger partial charge in [0.15, 0.2) is 0 Å². The maximum absolute atomic E-state index is 4.42. The SMILES string of the molecule is CC(C)c1cncc2c1CCCCCCC2. The van der Waals surface area contributed by atoms with Gasteiger partial charge < -0.3 is 0 Å². The topological polar surface area (TPSA) is 12.9 Å². The number of fused-ring (bicyclic) bond motifs is 1. The molecular formula is C15H23N. The van der Waals surface area contributed by atoms with Crippen molar-refractivity contribution in [3.63, 3.8) is 0 Å². The van der Waals surface area contributed by atoms with Crippen molar-refractivity contribution in [1.29, 1.82) is 0 Å². The molecule has 0 atom stereocenters. The van der Waals surface area contributed by atoms with Crippen LogP contribution in [0.2, 0.25) is 0 Å². The van der Waals surface area contributed by atoms with Crippen molar-refractivity contribution in [3.05, 3.63) is 29.1 Å². The molecule has 0 aromatic carbocycles. The standard InChI is InChI=1S/C15H23N/c1-12(2)15-11-16-10-13-8-6-4-3-5-7-9-14(13)15/h10-12H,3-9H2,1-2H3. The van der Waals surface area contributed by atoms with Crippen LogP contribution in [0.25, 0.3) is 0 Å². The van der Waals surface area contributed by atoms with E-state index in [1.54, 1.807) is 5.56 Å². The molecule has 0 bridgehead atoms. The van der Waals surface area contributed by atoms with Crippen molar-refractivity contribution in [2.24, 2.45) is 0 Å². The summed E-state index contributed by atoms with van der Waals surface area (Å²) < 4.78 is 0. The largest absolute Gasteiger partial charge is 0.264 e. The number of aryl methyl sites for hydroxylation is 1. The number of rotatable bonds is 1. The summed E-state index contributed by atoms with van der Waals surface area (Å²) in [6.45, 7) is 4.56. The number of pyridine rings is 1. The van der Waals surface area contributed by atoms with E-state index >= 15 is 0 Å². The lowest BCUT2D eigenvalue weighted by atomic mass is 9.91. The minimum Gasteiger partial charge on any atom is -0.264 e. The first-order chi connectivity index (χ1) is 7.79. The number of hydrogen-bond acceptors (Lipinski definition) is 1. The molecule has 0 N–H and O–H groups in total. The van der Waals surface area contributed by atoms with Crippen LogP contribution in [0.4, 0.5) is 0 Å². The van der Waals surface area contributed by atoms with Gasteiger partial charge in [0.05, 0.1) is 0 Å². The molecule has 2 rings (SSSR count). The van der Waals surface area contributed by atoms with Gasteiger partial charge in [0.1, 0.15) is 0 Å². The lowest BCUT2D eigenvalue weighted by Gasteiger charge is -2.15. The molecule has 1 aliphatic rings. The van der Waals surface area contributed by atoms with Crippen LogP contribution in [0.15, 0.2) is 12.4 Å². The molecule has 1 nitrogen and oxygen atoms in total. The fourth-order valence-electron chi connectivity index (χ4n) is 2.71. The van der Waals surface area contributed by atoms with Gasteiger partial charge in [0.25, 0.3) is 0 Å². The Labute approximate surface area is 99.3 Å². The first-order valence-electron chi connectivity index (χ1n) is 6.74. The van der Waals surface area contributed by atoms with Crippen LogP contribution in [0.3, 0.4) is 0 Å². The first kappa shape index (κ1) is 11.6. The van der Waals surface area contributed by atoms with Crippen molar-refractivity contribution in [1.82, 2.24) is 4.98 Å². The third-order valence-electron chi connectivity index (χ3n) is 3.67. The average Bonchev–Trinajstić information content (AvgIpc) is 2.39. The third kappa shape index (κ3) is 2.63. The van der Waals surface area contributed by atoms with E-state index in [9.17, 15) is 0 Å². The molecule has 0 aliphatic heterocycles. The van der Waals surface area contributed by atoms with E-state index in [-0.39, 0.29) is 0 Å². The summed E-state index contributed by atoms with van der Waals surface area (Å²) in [5.74, 6) is 0.614. The van der Waals surface area contributed by atoms with Gasteiger partial charge in [-0.25, -0.2) is 0 Å². The van der Waals surface area contributed by atoms with Crippen molar-refractivity contribution >= 4 is 0 Å². The van der Waals surface area contributed by atoms with Crippen LogP contribution in [-0.2, 0) is 12.8 Å². The zero-order valence-electron chi connectivity index (χ0n) is 10.6. The molecule has 0 radical (unpaired) electrons. The predicted octanol–water partition coefficient (Wildman–Crippen LogP) is 4.25. The van der Waals surface area contributed by atoms with E-state index in [1.807, 2.05) is 0 Å². The number of aromatic nitrogens is 1. The zero-order chi connectivity index (χ0) is 11.4. The molecule has 0 fully saturated rings. The molecular weight excluding hydrogens is 194 g/mol. The van der Waals surface area contributed by atoms with Gasteiger partial charge in [-0.1, -0.05) is 33.1 Å². The predicted molar refractivity (Wildman–Crippen MR) is 68.8 cm³/mol. The van der Waals surface area contributed by atoms with Crippen molar-refractivity contribution < 1.29 is 0 Å². The second-order valence-electron chi connectivity index (χ2n) is 5.29. The van der Waals surface area contributed by atoms with E-state index in [0.29, 0.717) is 5.92 Å². The van der Waals surface area contributed by atoms with Crippen molar-refractivity contribution in [2.45, 2.75) is 64.7 Å². The van der Waals surface area contributed by atoms with Gasteiger partial charge in [-0.05, 0) is 48.3 Å². The van der Waals surface area contributed by atoms with E-state index in [2.05, 4.69) is 31.2 Å². The molecule has 0 amide bonds. The fourth-order valence-corrected chi connectivity index (χ4v) is 2.71. The minimum atomic E-state index is 0.614. The highest BCUT2D eigenvalue weighted by Crippen LogP contribution is 2.26. The molecule has 88 valence electrons. The Kier molecular flexibility index (Phi) is 3.98. The Morgan fingerprint density at radius 2 is 1.62 bits per heavy atom. The second kappa shape index (κ2) is 5.47. The van der Waals surface area contributed by atoms with Crippen LogP contribution in [-0.4, -0.2) is 4.98 Å². The van der Waals surface area contributed by atoms with Gasteiger partial charge in [-0.15, -0.1) is 0 Å². The molecule has 1 aromatic heterocycles. The maximum Gasteiger partial charge on any atom is 0.0305 e. The summed E-state index contributed by atoms with van der Waals surface area (Å²) in [5, 5.41) is 0. The summed E-state index contributed by atoms with van der Waals surface area (Å²) in [7, 11) is 0. The summed E-state index contributed by atoms with van der Waals surface area (Å²) in [6.07, 6.45) is 13.6. The van der Waals surface area contributed by atoms with E-state index in [4.69, 9.17) is 0 Å². The van der Waals surface area contributed by atoms with E-state index in [0.717, 1.165) is 0 Å². The molecule has 0 spiro atoms. The van der Waals surface area contributed by atoms with Crippen LogP contribution >= 0.6 is 0 Å². The monoisotopic (exact) mass is 217 g/mol. The third-order valence-corrected chi connectivity index (χ3v) is 3.67. The lowest BCUT2D eigenvalue weighted by Crippen LogP contribution is -2.03. The Balaban J connectivity index is 2.32. The molecule has 1 aromatic rings. The van der Waals surface area contributed by atoms with Crippen LogP contribution in [0.5, 0.6) is 0 Å². The number of hydrogen-bond donors (Lipinski definition) is 0. The quantitative estimate of drug-likeness (QED) is 0.685. The van der Waals surface area contributed by atoms with Crippen LogP contribution < -0.4 is 0 Å². The van der Waals surface area contributed by atoms with Gasteiger partial charge in [0.2, 0.25) is 0 Å². The van der Waals surface area contributed by atoms with Gasteiger partial charge in [-0.3, -0.25) is 4.98 Å². The molecule has 16 heavy (non-hydrogen) atoms. The molecule has 1 heteroatoms. The Bertz CT molecular complexity index is 341. The second-order valence-corrected chi connectivity index (χ2v) is 5.29. The van der Waals surface area contributed by atoms with Crippen LogP contribution in [0, 0.1) is 0 Å². The molecule has 1 aliphatic carbocycles. The maximum atomic E-state index is 4.42. The zero-order valence-corrected chi connectivity index (χ0v) is 10.6. The number of nitrogens with zero attached hydrogens (tertiary/aromatic N) is 1.